The third-order valence-corrected chi connectivity index (χ3v) is 2.06. The Labute approximate surface area is 88.0 Å². The molecule has 1 fully saturated rings. The van der Waals surface area contributed by atoms with Crippen molar-refractivity contribution in [3.05, 3.63) is 35.9 Å². The van der Waals surface area contributed by atoms with Gasteiger partial charge >= 0.3 is 6.16 Å². The zero-order valence-corrected chi connectivity index (χ0v) is 8.27. The monoisotopic (exact) mass is 202 g/mol. The van der Waals surface area contributed by atoms with Crippen LogP contribution in [0.15, 0.2) is 30.3 Å². The lowest BCUT2D eigenvalue weighted by Crippen LogP contribution is -2.16. The van der Waals surface area contributed by atoms with Crippen molar-refractivity contribution in [3.8, 4) is 11.8 Å². The second-order valence-corrected chi connectivity index (χ2v) is 3.25. The van der Waals surface area contributed by atoms with Gasteiger partial charge < -0.3 is 9.47 Å². The van der Waals surface area contributed by atoms with E-state index in [9.17, 15) is 4.79 Å². The fourth-order valence-corrected chi connectivity index (χ4v) is 1.26. The quantitative estimate of drug-likeness (QED) is 0.476. The molecule has 1 saturated heterocycles. The fraction of sp³-hybridized carbons (Fsp3) is 0.250. The summed E-state index contributed by atoms with van der Waals surface area (Å²) >= 11 is 0. The minimum absolute atomic E-state index is 0.297. The average molecular weight is 202 g/mol. The van der Waals surface area contributed by atoms with E-state index in [1.807, 2.05) is 30.3 Å². The van der Waals surface area contributed by atoms with Crippen LogP contribution < -0.4 is 0 Å². The highest BCUT2D eigenvalue weighted by Gasteiger charge is 2.31. The van der Waals surface area contributed by atoms with Gasteiger partial charge in [-0.1, -0.05) is 24.1 Å². The molecule has 2 rings (SSSR count). The van der Waals surface area contributed by atoms with E-state index in [1.54, 1.807) is 6.92 Å². The van der Waals surface area contributed by atoms with Crippen LogP contribution >= 0.6 is 0 Å². The first-order valence-electron chi connectivity index (χ1n) is 4.69. The Kier molecular flexibility index (Phi) is 2.59. The maximum atomic E-state index is 10.8. The summed E-state index contributed by atoms with van der Waals surface area (Å²) in [5.41, 5.74) is 0.896. The molecule has 0 bridgehead atoms. The van der Waals surface area contributed by atoms with Gasteiger partial charge in [-0.2, -0.15) is 0 Å². The molecule has 1 aliphatic rings. The summed E-state index contributed by atoms with van der Waals surface area (Å²) in [5, 5.41) is 0. The van der Waals surface area contributed by atoms with Crippen molar-refractivity contribution in [1.82, 2.24) is 0 Å². The smallest absolute Gasteiger partial charge is 0.426 e. The van der Waals surface area contributed by atoms with E-state index in [-0.39, 0.29) is 6.10 Å². The summed E-state index contributed by atoms with van der Waals surface area (Å²) in [6.45, 7) is 1.76. The van der Waals surface area contributed by atoms with Gasteiger partial charge in [0.05, 0.1) is 0 Å². The molecule has 1 aromatic carbocycles. The molecule has 2 atom stereocenters. The Morgan fingerprint density at radius 1 is 1.20 bits per heavy atom. The molecule has 0 N–H and O–H groups in total. The number of benzene rings is 1. The first kappa shape index (κ1) is 9.60. The summed E-state index contributed by atoms with van der Waals surface area (Å²) in [5.74, 6) is 5.79. The fourth-order valence-electron chi connectivity index (χ4n) is 1.26. The van der Waals surface area contributed by atoms with Gasteiger partial charge in [-0.05, 0) is 25.0 Å². The number of rotatable bonds is 0. The number of carbonyl (C=O) groups is 1. The summed E-state index contributed by atoms with van der Waals surface area (Å²) in [6, 6.07) is 9.53. The molecule has 3 heteroatoms. The molecule has 1 heterocycles. The van der Waals surface area contributed by atoms with Crippen molar-refractivity contribution in [1.29, 1.82) is 0 Å². The molecule has 1 aliphatic heterocycles. The van der Waals surface area contributed by atoms with Gasteiger partial charge in [-0.25, -0.2) is 4.79 Å². The van der Waals surface area contributed by atoms with Crippen LogP contribution in [0.4, 0.5) is 4.79 Å². The van der Waals surface area contributed by atoms with Crippen LogP contribution in [0.5, 0.6) is 0 Å². The van der Waals surface area contributed by atoms with Gasteiger partial charge in [0.25, 0.3) is 0 Å². The van der Waals surface area contributed by atoms with Crippen LogP contribution in [0, 0.1) is 11.8 Å². The maximum Gasteiger partial charge on any atom is 0.510 e. The highest BCUT2D eigenvalue weighted by atomic mass is 16.8. The molecule has 3 nitrogen and oxygen atoms in total. The van der Waals surface area contributed by atoms with E-state index < -0.39 is 12.3 Å². The van der Waals surface area contributed by atoms with E-state index >= 15 is 0 Å². The first-order valence-corrected chi connectivity index (χ1v) is 4.69. The molecule has 0 radical (unpaired) electrons. The van der Waals surface area contributed by atoms with E-state index in [0.29, 0.717) is 0 Å². The number of ether oxygens (including phenoxy) is 2. The van der Waals surface area contributed by atoms with Crippen LogP contribution in [0.3, 0.4) is 0 Å². The Balaban J connectivity index is 2.09. The third-order valence-electron chi connectivity index (χ3n) is 2.06. The topological polar surface area (TPSA) is 35.5 Å². The molecule has 0 amide bonds. The van der Waals surface area contributed by atoms with Crippen molar-refractivity contribution in [2.45, 2.75) is 19.1 Å². The van der Waals surface area contributed by atoms with Crippen LogP contribution in [-0.2, 0) is 9.47 Å². The van der Waals surface area contributed by atoms with Crippen molar-refractivity contribution in [2.75, 3.05) is 0 Å². The number of cyclic esters (lactones) is 2. The van der Waals surface area contributed by atoms with E-state index in [2.05, 4.69) is 11.8 Å². The van der Waals surface area contributed by atoms with Gasteiger partial charge in [0.2, 0.25) is 6.10 Å². The lowest BCUT2D eigenvalue weighted by atomic mass is 10.2. The number of carbonyl (C=O) groups excluding carboxylic acids is 1. The first-order chi connectivity index (χ1) is 7.25. The minimum atomic E-state index is -0.644. The molecule has 0 saturated carbocycles. The predicted octanol–water partition coefficient (Wildman–Crippen LogP) is 1.96. The van der Waals surface area contributed by atoms with Gasteiger partial charge in [0.1, 0.15) is 0 Å². The predicted molar refractivity (Wildman–Crippen MR) is 54.1 cm³/mol. The summed E-state index contributed by atoms with van der Waals surface area (Å²) < 4.78 is 9.66. The molecule has 2 unspecified atom stereocenters. The number of hydrogen-bond donors (Lipinski definition) is 0. The van der Waals surface area contributed by atoms with Gasteiger partial charge in [0.15, 0.2) is 6.10 Å². The largest absolute Gasteiger partial charge is 0.510 e. The summed E-state index contributed by atoms with van der Waals surface area (Å²) in [6.07, 6.45) is -1.40. The zero-order chi connectivity index (χ0) is 10.7. The highest BCUT2D eigenvalue weighted by Crippen LogP contribution is 2.13. The SMILES string of the molecule is CC1OC(=O)OC1C#Cc1ccccc1. The average Bonchev–Trinajstić information content (AvgIpc) is 2.56. The summed E-state index contributed by atoms with van der Waals surface area (Å²) in [4.78, 5) is 10.8. The Morgan fingerprint density at radius 2 is 1.93 bits per heavy atom. The van der Waals surface area contributed by atoms with Crippen LogP contribution in [0.1, 0.15) is 12.5 Å². The van der Waals surface area contributed by atoms with Crippen LogP contribution in [0.25, 0.3) is 0 Å². The molecular formula is C12H10O3. The Bertz CT molecular complexity index is 413. The molecule has 0 aromatic heterocycles. The van der Waals surface area contributed by atoms with E-state index in [1.165, 1.54) is 0 Å². The molecule has 1 aromatic rings. The number of hydrogen-bond acceptors (Lipinski definition) is 3. The second-order valence-electron chi connectivity index (χ2n) is 3.25. The van der Waals surface area contributed by atoms with Crippen LogP contribution in [-0.4, -0.2) is 18.4 Å². The van der Waals surface area contributed by atoms with Crippen LogP contribution in [0.2, 0.25) is 0 Å². The zero-order valence-electron chi connectivity index (χ0n) is 8.27. The Morgan fingerprint density at radius 3 is 2.53 bits per heavy atom. The molecule has 0 spiro atoms. The Hall–Kier alpha value is -1.95. The van der Waals surface area contributed by atoms with Crippen molar-refractivity contribution in [2.24, 2.45) is 0 Å². The third kappa shape index (κ3) is 2.29. The van der Waals surface area contributed by atoms with Crippen molar-refractivity contribution >= 4 is 6.16 Å². The van der Waals surface area contributed by atoms with Gasteiger partial charge in [0, 0.05) is 5.56 Å². The van der Waals surface area contributed by atoms with Crippen molar-refractivity contribution < 1.29 is 14.3 Å². The lowest BCUT2D eigenvalue weighted by Gasteiger charge is -2.01. The molecule has 76 valence electrons. The normalized spacial score (nSPS) is 23.7. The standard InChI is InChI=1S/C12H10O3/c1-9-11(15-12(13)14-9)8-7-10-5-3-2-4-6-10/h2-6,9,11H,1H3. The second kappa shape index (κ2) is 4.05. The molecular weight excluding hydrogens is 192 g/mol. The van der Waals surface area contributed by atoms with Gasteiger partial charge in [-0.15, -0.1) is 0 Å². The molecule has 0 aliphatic carbocycles. The molecule has 15 heavy (non-hydrogen) atoms. The van der Waals surface area contributed by atoms with Crippen molar-refractivity contribution in [3.63, 3.8) is 0 Å². The maximum absolute atomic E-state index is 10.8. The van der Waals surface area contributed by atoms with E-state index in [0.717, 1.165) is 5.56 Å². The van der Waals surface area contributed by atoms with E-state index in [4.69, 9.17) is 9.47 Å². The summed E-state index contributed by atoms with van der Waals surface area (Å²) in [7, 11) is 0. The minimum Gasteiger partial charge on any atom is -0.426 e. The highest BCUT2D eigenvalue weighted by molar-refractivity contribution is 5.63. The van der Waals surface area contributed by atoms with Gasteiger partial charge in [-0.3, -0.25) is 0 Å². The lowest BCUT2D eigenvalue weighted by molar-refractivity contribution is 0.120.